The Labute approximate surface area is 252 Å². The Balaban J connectivity index is 1.93. The van der Waals surface area contributed by atoms with Crippen molar-refractivity contribution in [3.05, 3.63) is 88.4 Å². The van der Waals surface area contributed by atoms with Gasteiger partial charge in [0.2, 0.25) is 21.8 Å². The van der Waals surface area contributed by atoms with Gasteiger partial charge in [-0.3, -0.25) is 13.9 Å². The Kier molecular flexibility index (Phi) is 10.7. The molecule has 8 nitrogen and oxygen atoms in total. The van der Waals surface area contributed by atoms with Gasteiger partial charge in [0.15, 0.2) is 0 Å². The second-order valence-electron chi connectivity index (χ2n) is 10.6. The van der Waals surface area contributed by atoms with Gasteiger partial charge in [-0.25, -0.2) is 8.42 Å². The summed E-state index contributed by atoms with van der Waals surface area (Å²) < 4.78 is 32.6. The van der Waals surface area contributed by atoms with Crippen molar-refractivity contribution in [1.82, 2.24) is 10.2 Å². The van der Waals surface area contributed by atoms with Crippen molar-refractivity contribution in [3.8, 4) is 11.5 Å². The lowest BCUT2D eigenvalue weighted by atomic mass is 10.1. The number of rotatable bonds is 11. The molecule has 1 atom stereocenters. The van der Waals surface area contributed by atoms with Crippen molar-refractivity contribution in [1.29, 1.82) is 0 Å². The van der Waals surface area contributed by atoms with E-state index >= 15 is 0 Å². The molecule has 1 N–H and O–H groups in total. The number of para-hydroxylation sites is 1. The minimum atomic E-state index is -3.89. The maximum Gasteiger partial charge on any atom is 0.244 e. The van der Waals surface area contributed by atoms with E-state index < -0.39 is 34.1 Å². The molecule has 11 heteroatoms. The summed E-state index contributed by atoms with van der Waals surface area (Å²) in [4.78, 5) is 28.5. The number of carbonyl (C=O) groups excluding carboxylic acids is 2. The van der Waals surface area contributed by atoms with Crippen LogP contribution in [-0.2, 0) is 26.2 Å². The van der Waals surface area contributed by atoms with Gasteiger partial charge >= 0.3 is 0 Å². The van der Waals surface area contributed by atoms with Gasteiger partial charge in [-0.15, -0.1) is 0 Å². The van der Waals surface area contributed by atoms with E-state index in [1.807, 2.05) is 39.0 Å². The second-order valence-corrected chi connectivity index (χ2v) is 13.3. The van der Waals surface area contributed by atoms with Crippen LogP contribution in [0.15, 0.2) is 72.8 Å². The van der Waals surface area contributed by atoms with E-state index in [9.17, 15) is 18.0 Å². The number of anilines is 1. The van der Waals surface area contributed by atoms with Crippen molar-refractivity contribution in [2.45, 2.75) is 52.2 Å². The highest BCUT2D eigenvalue weighted by Gasteiger charge is 2.33. The van der Waals surface area contributed by atoms with Gasteiger partial charge in [0.05, 0.1) is 11.9 Å². The number of carbonyl (C=O) groups is 2. The molecule has 0 radical (unpaired) electrons. The van der Waals surface area contributed by atoms with Crippen molar-refractivity contribution in [2.75, 3.05) is 17.1 Å². The second kappa shape index (κ2) is 13.6. The van der Waals surface area contributed by atoms with Crippen LogP contribution in [0.5, 0.6) is 11.5 Å². The fourth-order valence-corrected chi connectivity index (χ4v) is 5.44. The first kappa shape index (κ1) is 32.2. The summed E-state index contributed by atoms with van der Waals surface area (Å²) in [6.07, 6.45) is 1.32. The summed E-state index contributed by atoms with van der Waals surface area (Å²) in [5.74, 6) is 0.211. The van der Waals surface area contributed by atoms with Crippen molar-refractivity contribution in [2.24, 2.45) is 0 Å². The molecule has 0 saturated carbocycles. The Morgan fingerprint density at radius 3 is 2.10 bits per heavy atom. The van der Waals surface area contributed by atoms with Gasteiger partial charge < -0.3 is 15.0 Å². The van der Waals surface area contributed by atoms with Crippen LogP contribution in [0, 0.1) is 0 Å². The summed E-state index contributed by atoms with van der Waals surface area (Å²) in [5, 5.41) is 3.68. The lowest BCUT2D eigenvalue weighted by Gasteiger charge is -2.34. The van der Waals surface area contributed by atoms with Crippen LogP contribution >= 0.6 is 23.2 Å². The van der Waals surface area contributed by atoms with Crippen LogP contribution in [0.4, 0.5) is 5.69 Å². The normalized spacial score (nSPS) is 12.4. The number of amides is 2. The van der Waals surface area contributed by atoms with Crippen molar-refractivity contribution < 1.29 is 22.7 Å². The van der Waals surface area contributed by atoms with Crippen molar-refractivity contribution >= 4 is 50.7 Å². The standard InChI is InChI=1S/C30H35Cl2N3O5S/c1-6-27(29(37)33-30(2,3)4)34(19-21-12-13-22(31)18-26(21)32)28(36)20-35(41(5,38)39)23-14-16-25(17-15-23)40-24-10-8-7-9-11-24/h7-18,27H,6,19-20H2,1-5H3,(H,33,37). The highest BCUT2D eigenvalue weighted by Crippen LogP contribution is 2.27. The molecule has 2 amide bonds. The fourth-order valence-electron chi connectivity index (χ4n) is 4.12. The monoisotopic (exact) mass is 619 g/mol. The third-order valence-electron chi connectivity index (χ3n) is 6.02. The van der Waals surface area contributed by atoms with E-state index in [1.54, 1.807) is 61.5 Å². The van der Waals surface area contributed by atoms with E-state index in [-0.39, 0.29) is 18.1 Å². The molecular formula is C30H35Cl2N3O5S. The molecule has 3 aromatic carbocycles. The molecule has 0 aliphatic heterocycles. The average molecular weight is 621 g/mol. The molecule has 0 bridgehead atoms. The zero-order valence-corrected chi connectivity index (χ0v) is 26.1. The topological polar surface area (TPSA) is 96.0 Å². The van der Waals surface area contributed by atoms with Crippen LogP contribution in [0.25, 0.3) is 0 Å². The summed E-state index contributed by atoms with van der Waals surface area (Å²) in [6, 6.07) is 19.5. The number of nitrogens with zero attached hydrogens (tertiary/aromatic N) is 2. The van der Waals surface area contributed by atoms with Gasteiger partial charge in [-0.05, 0) is 81.3 Å². The van der Waals surface area contributed by atoms with Crippen LogP contribution in [0.2, 0.25) is 10.0 Å². The smallest absolute Gasteiger partial charge is 0.244 e. The molecule has 0 fully saturated rings. The highest BCUT2D eigenvalue weighted by molar-refractivity contribution is 7.92. The quantitative estimate of drug-likeness (QED) is 0.273. The lowest BCUT2D eigenvalue weighted by molar-refractivity contribution is -0.141. The zero-order valence-electron chi connectivity index (χ0n) is 23.7. The van der Waals surface area contributed by atoms with Gasteiger partial charge in [0.1, 0.15) is 24.1 Å². The molecule has 41 heavy (non-hydrogen) atoms. The van der Waals surface area contributed by atoms with Gasteiger partial charge in [0, 0.05) is 22.1 Å². The maximum absolute atomic E-state index is 13.9. The van der Waals surface area contributed by atoms with Crippen LogP contribution < -0.4 is 14.4 Å². The maximum atomic E-state index is 13.9. The number of nitrogens with one attached hydrogen (secondary N) is 1. The number of halogens is 2. The average Bonchev–Trinajstić information content (AvgIpc) is 2.88. The van der Waals surface area contributed by atoms with Gasteiger partial charge in [-0.1, -0.05) is 54.4 Å². The van der Waals surface area contributed by atoms with Crippen LogP contribution in [-0.4, -0.2) is 49.5 Å². The molecule has 3 rings (SSSR count). The first-order chi connectivity index (χ1) is 19.2. The molecule has 0 spiro atoms. The third kappa shape index (κ3) is 9.38. The molecular weight excluding hydrogens is 585 g/mol. The molecule has 0 saturated heterocycles. The molecule has 0 aromatic heterocycles. The van der Waals surface area contributed by atoms with Gasteiger partial charge in [0.25, 0.3) is 0 Å². The van der Waals surface area contributed by atoms with E-state index in [2.05, 4.69) is 5.32 Å². The summed E-state index contributed by atoms with van der Waals surface area (Å²) in [7, 11) is -3.89. The number of hydrogen-bond acceptors (Lipinski definition) is 5. The van der Waals surface area contributed by atoms with E-state index in [1.165, 1.54) is 4.90 Å². The minimum absolute atomic E-state index is 0.0215. The van der Waals surface area contributed by atoms with Crippen LogP contribution in [0.1, 0.15) is 39.7 Å². The summed E-state index contributed by atoms with van der Waals surface area (Å²) in [5.41, 5.74) is 0.303. The molecule has 220 valence electrons. The number of benzene rings is 3. The lowest BCUT2D eigenvalue weighted by Crippen LogP contribution is -2.55. The zero-order chi connectivity index (χ0) is 30.4. The molecule has 1 unspecified atom stereocenters. The largest absolute Gasteiger partial charge is 0.457 e. The predicted molar refractivity (Wildman–Crippen MR) is 164 cm³/mol. The van der Waals surface area contributed by atoms with Crippen molar-refractivity contribution in [3.63, 3.8) is 0 Å². The Morgan fingerprint density at radius 1 is 0.951 bits per heavy atom. The fraction of sp³-hybridized carbons (Fsp3) is 0.333. The predicted octanol–water partition coefficient (Wildman–Crippen LogP) is 6.27. The first-order valence-corrected chi connectivity index (χ1v) is 15.6. The third-order valence-corrected chi connectivity index (χ3v) is 7.75. The van der Waals surface area contributed by atoms with E-state index in [0.717, 1.165) is 10.6 Å². The van der Waals surface area contributed by atoms with Gasteiger partial charge in [-0.2, -0.15) is 0 Å². The Morgan fingerprint density at radius 2 is 1.56 bits per heavy atom. The molecule has 0 aliphatic rings. The Hall–Kier alpha value is -3.27. The summed E-state index contributed by atoms with van der Waals surface area (Å²) in [6.45, 7) is 6.77. The van der Waals surface area contributed by atoms with Crippen LogP contribution in [0.3, 0.4) is 0 Å². The number of hydrogen-bond donors (Lipinski definition) is 1. The molecule has 0 aliphatic carbocycles. The number of sulfonamides is 1. The van der Waals surface area contributed by atoms with E-state index in [0.29, 0.717) is 33.5 Å². The molecule has 3 aromatic rings. The SMILES string of the molecule is CCC(C(=O)NC(C)(C)C)N(Cc1ccc(Cl)cc1Cl)C(=O)CN(c1ccc(Oc2ccccc2)cc1)S(C)(=O)=O. The highest BCUT2D eigenvalue weighted by atomic mass is 35.5. The molecule has 0 heterocycles. The first-order valence-electron chi connectivity index (χ1n) is 13.0. The van der Waals surface area contributed by atoms with E-state index in [4.69, 9.17) is 27.9 Å². The number of ether oxygens (including phenoxy) is 1. The Bertz CT molecular complexity index is 1460. The minimum Gasteiger partial charge on any atom is -0.457 e. The summed E-state index contributed by atoms with van der Waals surface area (Å²) >= 11 is 12.5.